The molecule has 0 fully saturated rings. The van der Waals surface area contributed by atoms with E-state index in [2.05, 4.69) is 22.6 Å². The normalized spacial score (nSPS) is 12.1. The predicted molar refractivity (Wildman–Crippen MR) is 60.6 cm³/mol. The second-order valence-electron chi connectivity index (χ2n) is 3.48. The Hall–Kier alpha value is -0.760. The van der Waals surface area contributed by atoms with E-state index in [1.807, 2.05) is 19.4 Å². The maximum atomic E-state index is 5.61. The fourth-order valence-electron chi connectivity index (χ4n) is 1.35. The molecule has 1 rings (SSSR count). The molecular weight excluding hydrogens is 196 g/mol. The number of imidazole rings is 1. The molecule has 3 heteroatoms. The van der Waals surface area contributed by atoms with Gasteiger partial charge in [-0.05, 0) is 19.8 Å². The number of halogens is 1. The molecule has 0 aliphatic rings. The molecule has 1 aromatic heterocycles. The highest BCUT2D eigenvalue weighted by atomic mass is 35.5. The van der Waals surface area contributed by atoms with E-state index in [0.717, 1.165) is 25.1 Å². The number of nitrogens with zero attached hydrogens (tertiary/aromatic N) is 2. The maximum Gasteiger partial charge on any atom is 0.108 e. The van der Waals surface area contributed by atoms with Crippen LogP contribution in [0.2, 0.25) is 0 Å². The van der Waals surface area contributed by atoms with Gasteiger partial charge < -0.3 is 4.57 Å². The minimum atomic E-state index is 0.708. The minimum absolute atomic E-state index is 0.708. The van der Waals surface area contributed by atoms with E-state index < -0.39 is 0 Å². The van der Waals surface area contributed by atoms with Crippen LogP contribution in [0.4, 0.5) is 0 Å². The molecule has 78 valence electrons. The smallest absolute Gasteiger partial charge is 0.108 e. The van der Waals surface area contributed by atoms with Crippen molar-refractivity contribution in [1.29, 1.82) is 0 Å². The third-order valence-electron chi connectivity index (χ3n) is 2.27. The molecule has 0 spiro atoms. The van der Waals surface area contributed by atoms with Gasteiger partial charge in [-0.2, -0.15) is 0 Å². The molecule has 0 radical (unpaired) electrons. The third-order valence-corrected chi connectivity index (χ3v) is 2.48. The predicted octanol–water partition coefficient (Wildman–Crippen LogP) is 2.93. The fourth-order valence-corrected chi connectivity index (χ4v) is 1.46. The summed E-state index contributed by atoms with van der Waals surface area (Å²) in [6.07, 6.45) is 9.07. The van der Waals surface area contributed by atoms with Gasteiger partial charge >= 0.3 is 0 Å². The molecule has 0 atom stereocenters. The molecule has 0 saturated carbocycles. The lowest BCUT2D eigenvalue weighted by Crippen LogP contribution is -1.97. The zero-order valence-corrected chi connectivity index (χ0v) is 9.59. The number of rotatable bonds is 5. The molecule has 0 saturated heterocycles. The first-order valence-corrected chi connectivity index (χ1v) is 5.45. The van der Waals surface area contributed by atoms with Crippen molar-refractivity contribution in [1.82, 2.24) is 9.55 Å². The SMILES string of the molecule is C/C(=C/CCCl)CCc1nccn1C. The highest BCUT2D eigenvalue weighted by Crippen LogP contribution is 2.07. The molecule has 14 heavy (non-hydrogen) atoms. The van der Waals surface area contributed by atoms with Gasteiger partial charge in [0.15, 0.2) is 0 Å². The van der Waals surface area contributed by atoms with Gasteiger partial charge in [-0.3, -0.25) is 0 Å². The highest BCUT2D eigenvalue weighted by Gasteiger charge is 1.98. The Balaban J connectivity index is 2.37. The maximum absolute atomic E-state index is 5.61. The molecule has 1 heterocycles. The first-order valence-electron chi connectivity index (χ1n) is 4.92. The van der Waals surface area contributed by atoms with Gasteiger partial charge in [-0.1, -0.05) is 11.6 Å². The van der Waals surface area contributed by atoms with Crippen molar-refractivity contribution < 1.29 is 0 Å². The molecule has 1 aromatic rings. The van der Waals surface area contributed by atoms with Crippen molar-refractivity contribution in [2.24, 2.45) is 7.05 Å². The Morgan fingerprint density at radius 1 is 1.64 bits per heavy atom. The van der Waals surface area contributed by atoms with Gasteiger partial charge in [-0.15, -0.1) is 11.6 Å². The third kappa shape index (κ3) is 3.54. The summed E-state index contributed by atoms with van der Waals surface area (Å²) in [5.41, 5.74) is 1.40. The van der Waals surface area contributed by atoms with Gasteiger partial charge in [0.2, 0.25) is 0 Å². The molecular formula is C11H17ClN2. The van der Waals surface area contributed by atoms with Gasteiger partial charge in [0, 0.05) is 31.7 Å². The molecule has 0 bridgehead atoms. The molecule has 0 N–H and O–H groups in total. The van der Waals surface area contributed by atoms with Crippen LogP contribution < -0.4 is 0 Å². The van der Waals surface area contributed by atoms with E-state index in [9.17, 15) is 0 Å². The second kappa shape index (κ2) is 5.86. The van der Waals surface area contributed by atoms with Gasteiger partial charge in [0.05, 0.1) is 0 Å². The van der Waals surface area contributed by atoms with Gasteiger partial charge in [0.25, 0.3) is 0 Å². The van der Waals surface area contributed by atoms with Crippen LogP contribution in [0.3, 0.4) is 0 Å². The van der Waals surface area contributed by atoms with Crippen LogP contribution >= 0.6 is 11.6 Å². The van der Waals surface area contributed by atoms with Crippen molar-refractivity contribution in [3.63, 3.8) is 0 Å². The summed E-state index contributed by atoms with van der Waals surface area (Å²) < 4.78 is 2.06. The molecule has 0 aliphatic carbocycles. The summed E-state index contributed by atoms with van der Waals surface area (Å²) in [5, 5.41) is 0. The van der Waals surface area contributed by atoms with Gasteiger partial charge in [0.1, 0.15) is 5.82 Å². The molecule has 0 amide bonds. The Bertz CT molecular complexity index is 302. The van der Waals surface area contributed by atoms with E-state index in [-0.39, 0.29) is 0 Å². The summed E-state index contributed by atoms with van der Waals surface area (Å²) in [4.78, 5) is 4.28. The van der Waals surface area contributed by atoms with Crippen LogP contribution in [-0.2, 0) is 13.5 Å². The first kappa shape index (κ1) is 11.3. The Kier molecular flexibility index (Phi) is 4.74. The second-order valence-corrected chi connectivity index (χ2v) is 3.86. The molecule has 0 aromatic carbocycles. The van der Waals surface area contributed by atoms with Crippen molar-refractivity contribution in [2.45, 2.75) is 26.2 Å². The van der Waals surface area contributed by atoms with Crippen LogP contribution in [0.25, 0.3) is 0 Å². The number of aromatic nitrogens is 2. The Labute approximate surface area is 90.6 Å². The number of aryl methyl sites for hydroxylation is 2. The number of allylic oxidation sites excluding steroid dienone is 2. The fraction of sp³-hybridized carbons (Fsp3) is 0.545. The zero-order chi connectivity index (χ0) is 10.4. The van der Waals surface area contributed by atoms with Crippen LogP contribution in [0.5, 0.6) is 0 Å². The summed E-state index contributed by atoms with van der Waals surface area (Å²) in [7, 11) is 2.03. The van der Waals surface area contributed by atoms with E-state index in [4.69, 9.17) is 11.6 Å². The molecule has 2 nitrogen and oxygen atoms in total. The number of alkyl halides is 1. The van der Waals surface area contributed by atoms with E-state index in [1.165, 1.54) is 5.57 Å². The molecule has 0 unspecified atom stereocenters. The van der Waals surface area contributed by atoms with Crippen LogP contribution in [0.1, 0.15) is 25.6 Å². The lowest BCUT2D eigenvalue weighted by Gasteiger charge is -2.02. The highest BCUT2D eigenvalue weighted by molar-refractivity contribution is 6.17. The Morgan fingerprint density at radius 3 is 3.00 bits per heavy atom. The van der Waals surface area contributed by atoms with Crippen LogP contribution in [-0.4, -0.2) is 15.4 Å². The van der Waals surface area contributed by atoms with Crippen LogP contribution in [0.15, 0.2) is 24.0 Å². The summed E-state index contributed by atoms with van der Waals surface area (Å²) in [6.45, 7) is 2.15. The zero-order valence-electron chi connectivity index (χ0n) is 8.83. The monoisotopic (exact) mass is 212 g/mol. The Morgan fingerprint density at radius 2 is 2.43 bits per heavy atom. The average Bonchev–Trinajstić information content (AvgIpc) is 2.58. The summed E-state index contributed by atoms with van der Waals surface area (Å²) in [6, 6.07) is 0. The topological polar surface area (TPSA) is 17.8 Å². The van der Waals surface area contributed by atoms with E-state index >= 15 is 0 Å². The lowest BCUT2D eigenvalue weighted by molar-refractivity contribution is 0.766. The van der Waals surface area contributed by atoms with E-state index in [0.29, 0.717) is 5.88 Å². The summed E-state index contributed by atoms with van der Waals surface area (Å²) in [5.74, 6) is 1.85. The van der Waals surface area contributed by atoms with Crippen LogP contribution in [0, 0.1) is 0 Å². The minimum Gasteiger partial charge on any atom is -0.338 e. The van der Waals surface area contributed by atoms with Crippen molar-refractivity contribution in [3.05, 3.63) is 29.9 Å². The largest absolute Gasteiger partial charge is 0.338 e. The number of hydrogen-bond acceptors (Lipinski definition) is 1. The molecule has 0 aliphatic heterocycles. The van der Waals surface area contributed by atoms with Crippen molar-refractivity contribution in [3.8, 4) is 0 Å². The number of hydrogen-bond donors (Lipinski definition) is 0. The quantitative estimate of drug-likeness (QED) is 0.542. The lowest BCUT2D eigenvalue weighted by atomic mass is 10.1. The summed E-state index contributed by atoms with van der Waals surface area (Å²) >= 11 is 5.61. The van der Waals surface area contributed by atoms with Crippen molar-refractivity contribution in [2.75, 3.05) is 5.88 Å². The van der Waals surface area contributed by atoms with Crippen molar-refractivity contribution >= 4 is 11.6 Å². The van der Waals surface area contributed by atoms with Gasteiger partial charge in [-0.25, -0.2) is 4.98 Å². The standard InChI is InChI=1S/C11H17ClN2/c1-10(4-3-7-12)5-6-11-13-8-9-14(11)2/h4,8-9H,3,5-7H2,1-2H3/b10-4-. The van der Waals surface area contributed by atoms with E-state index in [1.54, 1.807) is 0 Å². The first-order chi connectivity index (χ1) is 6.74. The average molecular weight is 213 g/mol.